The predicted molar refractivity (Wildman–Crippen MR) is 78.3 cm³/mol. The third-order valence-corrected chi connectivity index (χ3v) is 4.87. The van der Waals surface area contributed by atoms with E-state index in [4.69, 9.17) is 0 Å². The second-order valence-electron chi connectivity index (χ2n) is 4.97. The van der Waals surface area contributed by atoms with E-state index in [1.165, 1.54) is 0 Å². The minimum absolute atomic E-state index is 0.193. The molecular weight excluding hydrogens is 290 g/mol. The minimum Gasteiger partial charge on any atom is -0.477 e. The number of hydrogen-bond acceptors (Lipinski definition) is 5. The Morgan fingerprint density at radius 3 is 3.00 bits per heavy atom. The molecule has 110 valence electrons. The van der Waals surface area contributed by atoms with Gasteiger partial charge in [0.25, 0.3) is 0 Å². The quantitative estimate of drug-likeness (QED) is 0.857. The van der Waals surface area contributed by atoms with Crippen LogP contribution in [0.25, 0.3) is 0 Å². The Labute approximate surface area is 126 Å². The van der Waals surface area contributed by atoms with Gasteiger partial charge in [-0.3, -0.25) is 9.78 Å². The molecule has 1 unspecified atom stereocenters. The van der Waals surface area contributed by atoms with E-state index in [-0.39, 0.29) is 23.4 Å². The molecule has 1 amide bonds. The van der Waals surface area contributed by atoms with Crippen molar-refractivity contribution in [2.24, 2.45) is 0 Å². The van der Waals surface area contributed by atoms with Crippen LogP contribution in [0.3, 0.4) is 0 Å². The van der Waals surface area contributed by atoms with Gasteiger partial charge in [0, 0.05) is 24.7 Å². The molecule has 1 aromatic heterocycles. The zero-order valence-corrected chi connectivity index (χ0v) is 12.1. The van der Waals surface area contributed by atoms with Gasteiger partial charge in [0.1, 0.15) is 5.70 Å². The van der Waals surface area contributed by atoms with Crippen LogP contribution in [-0.4, -0.2) is 44.5 Å². The number of carbonyl (C=O) groups excluding carboxylic acids is 1. The normalized spacial score (nSPS) is 20.6. The number of amides is 1. The number of hydrogen-bond donors (Lipinski definition) is 2. The van der Waals surface area contributed by atoms with Crippen molar-refractivity contribution in [2.75, 3.05) is 12.3 Å². The number of nitrogens with zero attached hydrogens (tertiary/aromatic N) is 2. The number of aromatic nitrogens is 1. The molecule has 0 radical (unpaired) electrons. The third kappa shape index (κ3) is 2.87. The van der Waals surface area contributed by atoms with E-state index in [1.54, 1.807) is 30.2 Å². The van der Waals surface area contributed by atoms with Crippen LogP contribution in [0.2, 0.25) is 0 Å². The van der Waals surface area contributed by atoms with Crippen LogP contribution in [0.15, 0.2) is 35.9 Å². The maximum Gasteiger partial charge on any atom is 0.354 e. The first-order valence-electron chi connectivity index (χ1n) is 6.68. The molecule has 1 aromatic rings. The van der Waals surface area contributed by atoms with Gasteiger partial charge in [0.15, 0.2) is 0 Å². The van der Waals surface area contributed by atoms with Gasteiger partial charge in [0.2, 0.25) is 5.91 Å². The summed E-state index contributed by atoms with van der Waals surface area (Å²) in [7, 11) is 0. The smallest absolute Gasteiger partial charge is 0.354 e. The minimum atomic E-state index is -0.975. The number of pyridine rings is 1. The summed E-state index contributed by atoms with van der Waals surface area (Å²) in [5, 5.41) is 12.4. The summed E-state index contributed by atoms with van der Waals surface area (Å²) in [5.41, 5.74) is 1.54. The van der Waals surface area contributed by atoms with Crippen molar-refractivity contribution in [3.8, 4) is 0 Å². The van der Waals surface area contributed by atoms with Crippen LogP contribution in [0.4, 0.5) is 0 Å². The molecule has 0 aromatic carbocycles. The van der Waals surface area contributed by atoms with Gasteiger partial charge in [-0.05, 0) is 18.1 Å². The van der Waals surface area contributed by atoms with Gasteiger partial charge in [-0.2, -0.15) is 0 Å². The number of aliphatic carboxylic acids is 1. The van der Waals surface area contributed by atoms with Crippen molar-refractivity contribution in [1.29, 1.82) is 0 Å². The van der Waals surface area contributed by atoms with E-state index in [2.05, 4.69) is 10.3 Å². The summed E-state index contributed by atoms with van der Waals surface area (Å²) in [5.74, 6) is -0.658. The molecule has 2 aliphatic heterocycles. The van der Waals surface area contributed by atoms with Gasteiger partial charge in [0.05, 0.1) is 17.5 Å². The largest absolute Gasteiger partial charge is 0.477 e. The summed E-state index contributed by atoms with van der Waals surface area (Å²) in [4.78, 5) is 29.3. The Hall–Kier alpha value is -2.02. The highest BCUT2D eigenvalue weighted by Crippen LogP contribution is 2.38. The van der Waals surface area contributed by atoms with Gasteiger partial charge < -0.3 is 15.3 Å². The lowest BCUT2D eigenvalue weighted by molar-refractivity contribution is -0.135. The Balaban J connectivity index is 1.73. The third-order valence-electron chi connectivity index (χ3n) is 3.54. The molecule has 1 fully saturated rings. The second kappa shape index (κ2) is 5.77. The Morgan fingerprint density at radius 2 is 2.38 bits per heavy atom. The number of carboxylic acids is 1. The molecule has 1 atom stereocenters. The number of rotatable bonds is 4. The average Bonchev–Trinajstić information content (AvgIpc) is 2.42. The van der Waals surface area contributed by atoms with Gasteiger partial charge in [-0.25, -0.2) is 4.79 Å². The number of nitrogens with one attached hydrogen (secondary N) is 1. The number of carbonyl (C=O) groups is 2. The van der Waals surface area contributed by atoms with Crippen molar-refractivity contribution >= 4 is 23.6 Å². The number of carboxylic acid groups (broad SMARTS) is 1. The summed E-state index contributed by atoms with van der Waals surface area (Å²) >= 11 is 1.67. The Kier molecular flexibility index (Phi) is 3.83. The summed E-state index contributed by atoms with van der Waals surface area (Å²) < 4.78 is 0. The van der Waals surface area contributed by atoms with Crippen LogP contribution >= 0.6 is 11.8 Å². The summed E-state index contributed by atoms with van der Waals surface area (Å²) in [6.07, 6.45) is 4.47. The number of fused-ring (bicyclic) bond motifs is 1. The van der Waals surface area contributed by atoms with Crippen molar-refractivity contribution < 1.29 is 14.7 Å². The first kappa shape index (κ1) is 13.9. The second-order valence-corrected chi connectivity index (χ2v) is 6.13. The van der Waals surface area contributed by atoms with E-state index in [0.29, 0.717) is 11.4 Å². The fourth-order valence-electron chi connectivity index (χ4n) is 2.46. The standard InChI is InChI=1S/C14H15N3O3S/c18-11(6-9-2-1-4-15-7-9)16-10-8-21-12-3-5-17(12)13(10)14(19)20/h1-2,4,7,12H,3,5-6,8H2,(H,16,18)(H,19,20). The monoisotopic (exact) mass is 305 g/mol. The first-order valence-corrected chi connectivity index (χ1v) is 7.73. The average molecular weight is 305 g/mol. The van der Waals surface area contributed by atoms with E-state index in [9.17, 15) is 14.7 Å². The van der Waals surface area contributed by atoms with E-state index in [0.717, 1.165) is 18.5 Å². The van der Waals surface area contributed by atoms with Gasteiger partial charge in [-0.15, -0.1) is 11.8 Å². The maximum absolute atomic E-state index is 12.1. The Bertz CT molecular complexity index is 603. The molecule has 0 bridgehead atoms. The summed E-state index contributed by atoms with van der Waals surface area (Å²) in [6, 6.07) is 3.59. The maximum atomic E-state index is 12.1. The van der Waals surface area contributed by atoms with E-state index < -0.39 is 5.97 Å². The lowest BCUT2D eigenvalue weighted by Crippen LogP contribution is -2.51. The van der Waals surface area contributed by atoms with Crippen molar-refractivity contribution in [3.63, 3.8) is 0 Å². The van der Waals surface area contributed by atoms with Crippen molar-refractivity contribution in [1.82, 2.24) is 15.2 Å². The molecule has 2 aliphatic rings. The fraction of sp³-hybridized carbons (Fsp3) is 0.357. The zero-order chi connectivity index (χ0) is 14.8. The molecule has 21 heavy (non-hydrogen) atoms. The molecule has 3 heterocycles. The zero-order valence-electron chi connectivity index (χ0n) is 11.3. The molecule has 3 rings (SSSR count). The predicted octanol–water partition coefficient (Wildman–Crippen LogP) is 0.815. The van der Waals surface area contributed by atoms with Crippen molar-refractivity contribution in [3.05, 3.63) is 41.5 Å². The molecule has 0 saturated carbocycles. The number of thioether (sulfide) groups is 1. The lowest BCUT2D eigenvalue weighted by Gasteiger charge is -2.46. The summed E-state index contributed by atoms with van der Waals surface area (Å²) in [6.45, 7) is 0.737. The highest BCUT2D eigenvalue weighted by molar-refractivity contribution is 8.00. The Morgan fingerprint density at radius 1 is 1.52 bits per heavy atom. The fourth-order valence-corrected chi connectivity index (χ4v) is 3.69. The van der Waals surface area contributed by atoms with Crippen LogP contribution in [0.5, 0.6) is 0 Å². The van der Waals surface area contributed by atoms with E-state index in [1.807, 2.05) is 11.0 Å². The first-order chi connectivity index (χ1) is 10.1. The molecule has 6 nitrogen and oxygen atoms in total. The lowest BCUT2D eigenvalue weighted by atomic mass is 10.1. The molecule has 2 N–H and O–H groups in total. The van der Waals surface area contributed by atoms with Crippen LogP contribution in [0.1, 0.15) is 12.0 Å². The molecule has 0 spiro atoms. The van der Waals surface area contributed by atoms with Crippen molar-refractivity contribution in [2.45, 2.75) is 18.2 Å². The highest BCUT2D eigenvalue weighted by Gasteiger charge is 2.39. The molecule has 7 heteroatoms. The van der Waals surface area contributed by atoms with Crippen LogP contribution in [0, 0.1) is 0 Å². The molecular formula is C14H15N3O3S. The van der Waals surface area contributed by atoms with Gasteiger partial charge in [-0.1, -0.05) is 6.07 Å². The van der Waals surface area contributed by atoms with Crippen LogP contribution < -0.4 is 5.32 Å². The van der Waals surface area contributed by atoms with Gasteiger partial charge >= 0.3 is 5.97 Å². The molecule has 1 saturated heterocycles. The molecule has 0 aliphatic carbocycles. The SMILES string of the molecule is O=C(Cc1cccnc1)NC1=C(C(=O)O)N2CCC2SC1. The van der Waals surface area contributed by atoms with Crippen LogP contribution in [-0.2, 0) is 16.0 Å². The highest BCUT2D eigenvalue weighted by atomic mass is 32.2. The van der Waals surface area contributed by atoms with E-state index >= 15 is 0 Å². The topological polar surface area (TPSA) is 82.5 Å².